The highest BCUT2D eigenvalue weighted by molar-refractivity contribution is 5.67. The van der Waals surface area contributed by atoms with E-state index in [0.717, 1.165) is 0 Å². The average Bonchev–Trinajstić information content (AvgIpc) is 2.27. The normalized spacial score (nSPS) is 14.2. The first kappa shape index (κ1) is 12.5. The van der Waals surface area contributed by atoms with Gasteiger partial charge in [-0.3, -0.25) is 4.79 Å². The number of hydrogen-bond donors (Lipinski definition) is 3. The minimum absolute atomic E-state index is 0.424. The Morgan fingerprint density at radius 1 is 1.44 bits per heavy atom. The summed E-state index contributed by atoms with van der Waals surface area (Å²) in [5, 5.41) is 27.6. The van der Waals surface area contributed by atoms with E-state index in [4.69, 9.17) is 9.84 Å². The molecular formula is C11H14O5. The molecule has 1 aromatic carbocycles. The first-order valence-electron chi connectivity index (χ1n) is 4.76. The zero-order chi connectivity index (χ0) is 12.1. The quantitative estimate of drug-likeness (QED) is 0.683. The SMILES string of the molecule is COc1cccc(C(O)C(O)CC(=O)O)c1. The van der Waals surface area contributed by atoms with Gasteiger partial charge in [0.25, 0.3) is 0 Å². The Balaban J connectivity index is 2.78. The maximum absolute atomic E-state index is 10.4. The van der Waals surface area contributed by atoms with E-state index in [1.54, 1.807) is 24.3 Å². The second kappa shape index (κ2) is 5.48. The fourth-order valence-corrected chi connectivity index (χ4v) is 1.34. The Kier molecular flexibility index (Phi) is 4.28. The van der Waals surface area contributed by atoms with E-state index in [1.165, 1.54) is 7.11 Å². The van der Waals surface area contributed by atoms with Crippen molar-refractivity contribution in [2.45, 2.75) is 18.6 Å². The van der Waals surface area contributed by atoms with Gasteiger partial charge in [-0.2, -0.15) is 0 Å². The van der Waals surface area contributed by atoms with E-state index in [9.17, 15) is 15.0 Å². The van der Waals surface area contributed by atoms with Crippen LogP contribution in [0.15, 0.2) is 24.3 Å². The molecule has 16 heavy (non-hydrogen) atoms. The van der Waals surface area contributed by atoms with Gasteiger partial charge in [0.05, 0.1) is 19.6 Å². The molecule has 0 amide bonds. The number of rotatable bonds is 5. The molecule has 0 aliphatic carbocycles. The zero-order valence-corrected chi connectivity index (χ0v) is 8.83. The maximum Gasteiger partial charge on any atom is 0.306 e. The molecule has 0 saturated heterocycles. The van der Waals surface area contributed by atoms with Gasteiger partial charge in [-0.25, -0.2) is 0 Å². The fourth-order valence-electron chi connectivity index (χ4n) is 1.34. The van der Waals surface area contributed by atoms with Crippen molar-refractivity contribution in [1.82, 2.24) is 0 Å². The number of carboxylic acids is 1. The predicted molar refractivity (Wildman–Crippen MR) is 56.2 cm³/mol. The molecule has 0 heterocycles. The molecule has 3 N–H and O–H groups in total. The number of hydrogen-bond acceptors (Lipinski definition) is 4. The average molecular weight is 226 g/mol. The third-order valence-electron chi connectivity index (χ3n) is 2.18. The van der Waals surface area contributed by atoms with Gasteiger partial charge in [-0.1, -0.05) is 12.1 Å². The monoisotopic (exact) mass is 226 g/mol. The molecule has 88 valence electrons. The Morgan fingerprint density at radius 3 is 2.69 bits per heavy atom. The lowest BCUT2D eigenvalue weighted by molar-refractivity contribution is -0.141. The Hall–Kier alpha value is -1.59. The van der Waals surface area contributed by atoms with Gasteiger partial charge in [0.2, 0.25) is 0 Å². The second-order valence-corrected chi connectivity index (χ2v) is 3.39. The van der Waals surface area contributed by atoms with E-state index >= 15 is 0 Å². The summed E-state index contributed by atoms with van der Waals surface area (Å²) in [4.78, 5) is 10.4. The lowest BCUT2D eigenvalue weighted by Gasteiger charge is -2.16. The van der Waals surface area contributed by atoms with Crippen LogP contribution < -0.4 is 4.74 Å². The number of ether oxygens (including phenoxy) is 1. The van der Waals surface area contributed by atoms with E-state index in [2.05, 4.69) is 0 Å². The number of benzene rings is 1. The Morgan fingerprint density at radius 2 is 2.12 bits per heavy atom. The lowest BCUT2D eigenvalue weighted by atomic mass is 10.0. The van der Waals surface area contributed by atoms with Crippen LogP contribution in [0.25, 0.3) is 0 Å². The van der Waals surface area contributed by atoms with Gasteiger partial charge in [0.15, 0.2) is 0 Å². The number of aliphatic carboxylic acids is 1. The number of carboxylic acid groups (broad SMARTS) is 1. The molecule has 1 aromatic rings. The smallest absolute Gasteiger partial charge is 0.306 e. The molecule has 0 fully saturated rings. The molecule has 0 spiro atoms. The van der Waals surface area contributed by atoms with Gasteiger partial charge in [-0.15, -0.1) is 0 Å². The molecule has 2 atom stereocenters. The topological polar surface area (TPSA) is 87.0 Å². The van der Waals surface area contributed by atoms with Crippen LogP contribution in [0, 0.1) is 0 Å². The van der Waals surface area contributed by atoms with Crippen LogP contribution in [0.4, 0.5) is 0 Å². The van der Waals surface area contributed by atoms with Crippen molar-refractivity contribution in [1.29, 1.82) is 0 Å². The highest BCUT2D eigenvalue weighted by Crippen LogP contribution is 2.22. The summed E-state index contributed by atoms with van der Waals surface area (Å²) in [5.74, 6) is -0.617. The van der Waals surface area contributed by atoms with Crippen molar-refractivity contribution in [2.24, 2.45) is 0 Å². The van der Waals surface area contributed by atoms with Gasteiger partial charge >= 0.3 is 5.97 Å². The second-order valence-electron chi connectivity index (χ2n) is 3.39. The molecule has 0 bridgehead atoms. The van der Waals surface area contributed by atoms with Crippen molar-refractivity contribution in [3.8, 4) is 5.75 Å². The van der Waals surface area contributed by atoms with Crippen LogP contribution in [0.1, 0.15) is 18.1 Å². The zero-order valence-electron chi connectivity index (χ0n) is 8.83. The van der Waals surface area contributed by atoms with Gasteiger partial charge in [-0.05, 0) is 17.7 Å². The summed E-state index contributed by atoms with van der Waals surface area (Å²) in [7, 11) is 1.49. The summed E-state index contributed by atoms with van der Waals surface area (Å²) in [6.45, 7) is 0. The number of carbonyl (C=O) groups is 1. The fraction of sp³-hybridized carbons (Fsp3) is 0.364. The molecule has 5 heteroatoms. The van der Waals surface area contributed by atoms with Crippen LogP contribution in [0.3, 0.4) is 0 Å². The summed E-state index contributed by atoms with van der Waals surface area (Å²) in [5.41, 5.74) is 0.424. The minimum atomic E-state index is -1.33. The van der Waals surface area contributed by atoms with Gasteiger partial charge < -0.3 is 20.1 Å². The van der Waals surface area contributed by atoms with Gasteiger partial charge in [0, 0.05) is 0 Å². The Labute approximate surface area is 92.9 Å². The maximum atomic E-state index is 10.4. The van der Waals surface area contributed by atoms with Crippen molar-refractivity contribution >= 4 is 5.97 Å². The highest BCUT2D eigenvalue weighted by atomic mass is 16.5. The summed E-state index contributed by atoms with van der Waals surface area (Å²) < 4.78 is 4.96. The minimum Gasteiger partial charge on any atom is -0.497 e. The van der Waals surface area contributed by atoms with Crippen LogP contribution in [-0.2, 0) is 4.79 Å². The number of methoxy groups -OCH3 is 1. The first-order chi connectivity index (χ1) is 7.54. The molecule has 5 nitrogen and oxygen atoms in total. The predicted octanol–water partition coefficient (Wildman–Crippen LogP) is 0.564. The molecule has 0 aliphatic heterocycles. The van der Waals surface area contributed by atoms with Crippen molar-refractivity contribution in [3.63, 3.8) is 0 Å². The molecule has 0 saturated carbocycles. The van der Waals surface area contributed by atoms with Crippen LogP contribution in [-0.4, -0.2) is 34.5 Å². The van der Waals surface area contributed by atoms with Crippen molar-refractivity contribution < 1.29 is 24.9 Å². The molecule has 0 radical (unpaired) electrons. The van der Waals surface area contributed by atoms with E-state index in [-0.39, 0.29) is 0 Å². The summed E-state index contributed by atoms with van der Waals surface area (Å²) in [6, 6.07) is 6.50. The Bertz CT molecular complexity index is 363. The summed E-state index contributed by atoms with van der Waals surface area (Å²) in [6.07, 6.45) is -3.06. The van der Waals surface area contributed by atoms with Crippen molar-refractivity contribution in [2.75, 3.05) is 7.11 Å². The van der Waals surface area contributed by atoms with Crippen LogP contribution in [0.5, 0.6) is 5.75 Å². The van der Waals surface area contributed by atoms with Crippen molar-refractivity contribution in [3.05, 3.63) is 29.8 Å². The first-order valence-corrected chi connectivity index (χ1v) is 4.76. The molecule has 0 aromatic heterocycles. The van der Waals surface area contributed by atoms with Gasteiger partial charge in [0.1, 0.15) is 11.9 Å². The van der Waals surface area contributed by atoms with E-state index in [1.807, 2.05) is 0 Å². The standard InChI is InChI=1S/C11H14O5/c1-16-8-4-2-3-7(5-8)11(15)9(12)6-10(13)14/h2-5,9,11-12,15H,6H2,1H3,(H,13,14). The molecular weight excluding hydrogens is 212 g/mol. The molecule has 1 rings (SSSR count). The van der Waals surface area contributed by atoms with Crippen LogP contribution >= 0.6 is 0 Å². The molecule has 0 aliphatic rings. The third kappa shape index (κ3) is 3.22. The summed E-state index contributed by atoms with van der Waals surface area (Å²) >= 11 is 0. The highest BCUT2D eigenvalue weighted by Gasteiger charge is 2.21. The van der Waals surface area contributed by atoms with E-state index < -0.39 is 24.6 Å². The van der Waals surface area contributed by atoms with E-state index in [0.29, 0.717) is 11.3 Å². The molecule has 2 unspecified atom stereocenters. The lowest BCUT2D eigenvalue weighted by Crippen LogP contribution is -2.21. The number of aliphatic hydroxyl groups is 2. The largest absolute Gasteiger partial charge is 0.497 e. The van der Waals surface area contributed by atoms with Crippen LogP contribution in [0.2, 0.25) is 0 Å². The third-order valence-corrected chi connectivity index (χ3v) is 2.18. The number of aliphatic hydroxyl groups excluding tert-OH is 2.